The summed E-state index contributed by atoms with van der Waals surface area (Å²) in [4.78, 5) is 21.9. The van der Waals surface area contributed by atoms with Crippen molar-refractivity contribution in [1.29, 1.82) is 0 Å². The van der Waals surface area contributed by atoms with E-state index in [1.165, 1.54) is 0 Å². The van der Waals surface area contributed by atoms with Gasteiger partial charge in [-0.3, -0.25) is 4.79 Å². The van der Waals surface area contributed by atoms with Crippen LogP contribution in [0.25, 0.3) is 11.0 Å². The van der Waals surface area contributed by atoms with Crippen molar-refractivity contribution in [2.45, 2.75) is 64.6 Å². The Bertz CT molecular complexity index is 776. The van der Waals surface area contributed by atoms with Gasteiger partial charge in [0.2, 0.25) is 5.91 Å². The van der Waals surface area contributed by atoms with Crippen LogP contribution in [0.15, 0.2) is 11.4 Å². The maximum atomic E-state index is 12.5. The average molecular weight is 437 g/mol. The molecule has 0 aliphatic carbocycles. The third-order valence-corrected chi connectivity index (χ3v) is 5.83. The van der Waals surface area contributed by atoms with Crippen molar-refractivity contribution in [2.24, 2.45) is 5.92 Å². The van der Waals surface area contributed by atoms with E-state index in [0.29, 0.717) is 26.2 Å². The fourth-order valence-electron chi connectivity index (χ4n) is 3.30. The Morgan fingerprint density at radius 3 is 2.60 bits per heavy atom. The average Bonchev–Trinajstić information content (AvgIpc) is 3.15. The number of ether oxygens (including phenoxy) is 1. The fraction of sp³-hybridized carbons (Fsp3) is 0.714. The van der Waals surface area contributed by atoms with Crippen molar-refractivity contribution in [3.63, 3.8) is 0 Å². The molecule has 0 saturated heterocycles. The number of nitrogens with one attached hydrogen (secondary N) is 2. The second-order valence-corrected chi connectivity index (χ2v) is 8.36. The van der Waals surface area contributed by atoms with E-state index >= 15 is 0 Å². The van der Waals surface area contributed by atoms with E-state index in [0.717, 1.165) is 59.9 Å². The Hall–Kier alpha value is -1.87. The highest BCUT2D eigenvalue weighted by Crippen LogP contribution is 2.24. The third-order valence-electron chi connectivity index (χ3n) is 4.78. The van der Waals surface area contributed by atoms with Crippen molar-refractivity contribution < 1.29 is 9.53 Å². The van der Waals surface area contributed by atoms with E-state index in [4.69, 9.17) is 9.72 Å². The van der Waals surface area contributed by atoms with Gasteiger partial charge in [-0.25, -0.2) is 14.6 Å². The zero-order valence-corrected chi connectivity index (χ0v) is 19.6. The molecule has 9 heteroatoms. The van der Waals surface area contributed by atoms with Crippen LogP contribution < -0.4 is 10.6 Å². The summed E-state index contributed by atoms with van der Waals surface area (Å²) in [5.74, 6) is 1.98. The van der Waals surface area contributed by atoms with Gasteiger partial charge in [-0.15, -0.1) is 0 Å². The first-order chi connectivity index (χ1) is 14.6. The molecule has 8 nitrogen and oxygen atoms in total. The summed E-state index contributed by atoms with van der Waals surface area (Å²) in [6, 6.07) is 0. The summed E-state index contributed by atoms with van der Waals surface area (Å²) in [5.41, 5.74) is 0.788. The normalized spacial score (nSPS) is 11.4. The Morgan fingerprint density at radius 1 is 1.17 bits per heavy atom. The van der Waals surface area contributed by atoms with Crippen molar-refractivity contribution in [3.8, 4) is 0 Å². The monoisotopic (exact) mass is 436 g/mol. The molecule has 0 atom stereocenters. The van der Waals surface area contributed by atoms with E-state index in [-0.39, 0.29) is 11.8 Å². The lowest BCUT2D eigenvalue weighted by Gasteiger charge is -2.15. The number of methoxy groups -OCH3 is 1. The molecule has 0 unspecified atom stereocenters. The SMILES string of the molecule is CCCSc1nc(NCCOC)c2cnn(CCNC(=O)C(CCC)CCC)c2n1. The molecule has 0 spiro atoms. The summed E-state index contributed by atoms with van der Waals surface area (Å²) in [6.45, 7) is 8.76. The van der Waals surface area contributed by atoms with Crippen LogP contribution in [0.5, 0.6) is 0 Å². The van der Waals surface area contributed by atoms with Gasteiger partial charge in [0.05, 0.1) is 24.7 Å². The van der Waals surface area contributed by atoms with Gasteiger partial charge in [0.25, 0.3) is 0 Å². The molecular weight excluding hydrogens is 400 g/mol. The van der Waals surface area contributed by atoms with Crippen molar-refractivity contribution in [3.05, 3.63) is 6.20 Å². The van der Waals surface area contributed by atoms with Crippen LogP contribution in [0, 0.1) is 5.92 Å². The summed E-state index contributed by atoms with van der Waals surface area (Å²) < 4.78 is 6.98. The minimum atomic E-state index is 0.102. The predicted molar refractivity (Wildman–Crippen MR) is 123 cm³/mol. The van der Waals surface area contributed by atoms with E-state index in [1.807, 2.05) is 4.68 Å². The Morgan fingerprint density at radius 2 is 1.93 bits per heavy atom. The molecule has 0 aliphatic heterocycles. The highest BCUT2D eigenvalue weighted by molar-refractivity contribution is 7.99. The minimum Gasteiger partial charge on any atom is -0.383 e. The van der Waals surface area contributed by atoms with Crippen LogP contribution in [-0.2, 0) is 16.1 Å². The number of nitrogens with zero attached hydrogens (tertiary/aromatic N) is 4. The smallest absolute Gasteiger partial charge is 0.223 e. The van der Waals surface area contributed by atoms with Crippen LogP contribution in [-0.4, -0.2) is 58.2 Å². The summed E-state index contributed by atoms with van der Waals surface area (Å²) in [6.07, 6.45) is 6.77. The van der Waals surface area contributed by atoms with Crippen molar-refractivity contribution in [2.75, 3.05) is 37.9 Å². The molecule has 0 saturated carbocycles. The lowest BCUT2D eigenvalue weighted by Crippen LogP contribution is -2.33. The number of hydrogen-bond acceptors (Lipinski definition) is 7. The first-order valence-corrected chi connectivity index (χ1v) is 12.0. The quantitative estimate of drug-likeness (QED) is 0.250. The van der Waals surface area contributed by atoms with Gasteiger partial charge in [0, 0.05) is 31.9 Å². The molecular formula is C21H36N6O2S. The largest absolute Gasteiger partial charge is 0.383 e. The second-order valence-electron chi connectivity index (χ2n) is 7.29. The number of carbonyl (C=O) groups excluding carboxylic acids is 1. The fourth-order valence-corrected chi connectivity index (χ4v) is 3.99. The van der Waals surface area contributed by atoms with Crippen LogP contribution in [0.2, 0.25) is 0 Å². The molecule has 168 valence electrons. The highest BCUT2D eigenvalue weighted by Gasteiger charge is 2.17. The van der Waals surface area contributed by atoms with Gasteiger partial charge < -0.3 is 15.4 Å². The zero-order valence-electron chi connectivity index (χ0n) is 18.7. The van der Waals surface area contributed by atoms with Gasteiger partial charge in [-0.1, -0.05) is 45.4 Å². The number of carbonyl (C=O) groups is 1. The number of anilines is 1. The number of aromatic nitrogens is 4. The van der Waals surface area contributed by atoms with E-state index < -0.39 is 0 Å². The summed E-state index contributed by atoms with van der Waals surface area (Å²) in [5, 5.41) is 12.5. The number of amides is 1. The first kappa shape index (κ1) is 24.4. The lowest BCUT2D eigenvalue weighted by atomic mass is 9.97. The molecule has 2 N–H and O–H groups in total. The maximum Gasteiger partial charge on any atom is 0.223 e. The van der Waals surface area contributed by atoms with Gasteiger partial charge in [-0.05, 0) is 19.3 Å². The standard InChI is InChI=1S/C21H36N6O2S/c1-5-8-16(9-6-2)20(28)23-10-12-27-19-17(15-24-27)18(22-11-13-29-4)25-21(26-19)30-14-7-3/h15-16H,5-14H2,1-4H3,(H,23,28)(H,22,25,26). The van der Waals surface area contributed by atoms with E-state index in [9.17, 15) is 4.79 Å². The van der Waals surface area contributed by atoms with Gasteiger partial charge in [-0.2, -0.15) is 5.10 Å². The molecule has 2 aromatic heterocycles. The molecule has 0 fully saturated rings. The molecule has 0 aliphatic rings. The molecule has 2 aromatic rings. The van der Waals surface area contributed by atoms with Gasteiger partial charge >= 0.3 is 0 Å². The molecule has 0 bridgehead atoms. The Labute approximate surface area is 183 Å². The van der Waals surface area contributed by atoms with Crippen LogP contribution in [0.3, 0.4) is 0 Å². The molecule has 2 heterocycles. The second kappa shape index (κ2) is 13.4. The maximum absolute atomic E-state index is 12.5. The van der Waals surface area contributed by atoms with Crippen LogP contribution in [0.4, 0.5) is 5.82 Å². The number of rotatable bonds is 15. The van der Waals surface area contributed by atoms with Gasteiger partial charge in [0.15, 0.2) is 10.8 Å². The molecule has 0 aromatic carbocycles. The van der Waals surface area contributed by atoms with Crippen LogP contribution >= 0.6 is 11.8 Å². The van der Waals surface area contributed by atoms with E-state index in [2.05, 4.69) is 41.5 Å². The minimum absolute atomic E-state index is 0.102. The topological polar surface area (TPSA) is 94.0 Å². The summed E-state index contributed by atoms with van der Waals surface area (Å²) in [7, 11) is 1.68. The predicted octanol–water partition coefficient (Wildman–Crippen LogP) is 3.72. The Balaban J connectivity index is 2.10. The Kier molecular flexibility index (Phi) is 10.9. The number of fused-ring (bicyclic) bond motifs is 1. The van der Waals surface area contributed by atoms with E-state index in [1.54, 1.807) is 25.1 Å². The summed E-state index contributed by atoms with van der Waals surface area (Å²) >= 11 is 1.64. The van der Waals surface area contributed by atoms with Gasteiger partial charge in [0.1, 0.15) is 5.82 Å². The number of hydrogen-bond donors (Lipinski definition) is 2. The molecule has 30 heavy (non-hydrogen) atoms. The number of thioether (sulfide) groups is 1. The lowest BCUT2D eigenvalue weighted by molar-refractivity contribution is -0.125. The zero-order chi connectivity index (χ0) is 21.8. The van der Waals surface area contributed by atoms with Crippen molar-refractivity contribution >= 4 is 34.5 Å². The van der Waals surface area contributed by atoms with Crippen LogP contribution in [0.1, 0.15) is 52.9 Å². The third kappa shape index (κ3) is 7.12. The first-order valence-electron chi connectivity index (χ1n) is 11.0. The van der Waals surface area contributed by atoms with Crippen molar-refractivity contribution in [1.82, 2.24) is 25.1 Å². The molecule has 1 amide bonds. The molecule has 2 rings (SSSR count). The molecule has 0 radical (unpaired) electrons. The highest BCUT2D eigenvalue weighted by atomic mass is 32.2.